The third-order valence-electron chi connectivity index (χ3n) is 4.55. The van der Waals surface area contributed by atoms with E-state index in [2.05, 4.69) is 37.5 Å². The molecular weight excluding hydrogens is 453 g/mol. The lowest BCUT2D eigenvalue weighted by molar-refractivity contribution is -0.137. The number of pyridine rings is 1. The van der Waals surface area contributed by atoms with E-state index in [0.29, 0.717) is 17.4 Å². The highest BCUT2D eigenvalue weighted by molar-refractivity contribution is 6.01. The average Bonchev–Trinajstić information content (AvgIpc) is 2.80. The van der Waals surface area contributed by atoms with Crippen LogP contribution in [0.3, 0.4) is 0 Å². The number of halogens is 3. The van der Waals surface area contributed by atoms with Crippen molar-refractivity contribution in [3.63, 3.8) is 0 Å². The molecule has 0 spiro atoms. The van der Waals surface area contributed by atoms with Crippen LogP contribution in [0, 0.1) is 6.92 Å². The number of hydrogen-bond acceptors (Lipinski definition) is 8. The molecule has 3 aromatic rings. The maximum absolute atomic E-state index is 13.7. The third-order valence-corrected chi connectivity index (χ3v) is 4.55. The van der Waals surface area contributed by atoms with E-state index in [1.165, 1.54) is 25.4 Å². The second-order valence-corrected chi connectivity index (χ2v) is 6.99. The topological polar surface area (TPSA) is 121 Å². The zero-order valence-electron chi connectivity index (χ0n) is 18.2. The van der Waals surface area contributed by atoms with Crippen molar-refractivity contribution in [3.05, 3.63) is 66.0 Å². The number of nitrogens with zero attached hydrogens (tertiary/aromatic N) is 3. The Morgan fingerprint density at radius 3 is 2.56 bits per heavy atom. The number of aliphatic hydroxyl groups excluding tert-OH is 1. The first-order valence-corrected chi connectivity index (χ1v) is 9.80. The summed E-state index contributed by atoms with van der Waals surface area (Å²) in [5.74, 6) is -1.04. The molecule has 4 N–H and O–H groups in total. The van der Waals surface area contributed by atoms with E-state index in [4.69, 9.17) is 4.74 Å². The number of aliphatic hydroxyl groups is 1. The molecule has 178 valence electrons. The van der Waals surface area contributed by atoms with Gasteiger partial charge in [-0.25, -0.2) is 9.97 Å². The summed E-state index contributed by atoms with van der Waals surface area (Å²) in [5, 5.41) is 17.5. The monoisotopic (exact) mass is 474 g/mol. The van der Waals surface area contributed by atoms with E-state index in [1.54, 1.807) is 19.1 Å². The predicted octanol–water partition coefficient (Wildman–Crippen LogP) is 4.31. The second-order valence-electron chi connectivity index (χ2n) is 6.99. The Kier molecular flexibility index (Phi) is 7.31. The minimum Gasteiger partial charge on any atom is -0.481 e. The molecule has 34 heavy (non-hydrogen) atoms. The Morgan fingerprint density at radius 2 is 1.91 bits per heavy atom. The fourth-order valence-corrected chi connectivity index (χ4v) is 2.87. The van der Waals surface area contributed by atoms with Crippen molar-refractivity contribution < 1.29 is 27.8 Å². The predicted molar refractivity (Wildman–Crippen MR) is 120 cm³/mol. The molecule has 0 unspecified atom stereocenters. The van der Waals surface area contributed by atoms with Crippen LogP contribution in [0.4, 0.5) is 42.0 Å². The molecule has 0 saturated carbocycles. The molecule has 9 nitrogen and oxygen atoms in total. The van der Waals surface area contributed by atoms with E-state index in [0.717, 1.165) is 11.6 Å². The fourth-order valence-electron chi connectivity index (χ4n) is 2.87. The van der Waals surface area contributed by atoms with E-state index >= 15 is 0 Å². The van der Waals surface area contributed by atoms with E-state index in [1.807, 2.05) is 0 Å². The molecule has 0 atom stereocenters. The maximum Gasteiger partial charge on any atom is 0.421 e. The Bertz CT molecular complexity index is 1220. The first kappa shape index (κ1) is 24.5. The molecule has 12 heteroatoms. The van der Waals surface area contributed by atoms with Gasteiger partial charge in [0.25, 0.3) is 0 Å². The van der Waals surface area contributed by atoms with Crippen LogP contribution in [0.15, 0.2) is 49.3 Å². The zero-order valence-corrected chi connectivity index (χ0v) is 18.2. The number of carbonyl (C=O) groups is 1. The lowest BCUT2D eigenvalue weighted by Gasteiger charge is -2.18. The van der Waals surface area contributed by atoms with Crippen LogP contribution >= 0.6 is 0 Å². The summed E-state index contributed by atoms with van der Waals surface area (Å²) in [5.41, 5.74) is 0.731. The van der Waals surface area contributed by atoms with Crippen LogP contribution in [0.1, 0.15) is 16.7 Å². The number of carbonyl (C=O) groups excluding carboxylic acids is 1. The molecule has 0 fully saturated rings. The molecule has 3 rings (SSSR count). The normalized spacial score (nSPS) is 11.0. The van der Waals surface area contributed by atoms with Crippen molar-refractivity contribution in [3.8, 4) is 5.88 Å². The molecule has 0 aliphatic carbocycles. The minimum absolute atomic E-state index is 0.178. The Balaban J connectivity index is 2.04. The number of rotatable bonds is 8. The largest absolute Gasteiger partial charge is 0.481 e. The summed E-state index contributed by atoms with van der Waals surface area (Å²) in [6.45, 7) is 4.75. The lowest BCUT2D eigenvalue weighted by atomic mass is 10.1. The van der Waals surface area contributed by atoms with Gasteiger partial charge in [-0.15, -0.1) is 0 Å². The number of methoxy groups -OCH3 is 1. The molecule has 0 radical (unpaired) electrons. The van der Waals surface area contributed by atoms with Gasteiger partial charge >= 0.3 is 6.18 Å². The highest BCUT2D eigenvalue weighted by Crippen LogP contribution is 2.37. The summed E-state index contributed by atoms with van der Waals surface area (Å²) >= 11 is 0. The van der Waals surface area contributed by atoms with Crippen molar-refractivity contribution in [2.45, 2.75) is 19.7 Å². The highest BCUT2D eigenvalue weighted by atomic mass is 19.4. The molecule has 1 amide bonds. The first-order valence-electron chi connectivity index (χ1n) is 9.80. The summed E-state index contributed by atoms with van der Waals surface area (Å²) in [7, 11) is 1.39. The molecule has 0 saturated heterocycles. The zero-order chi connectivity index (χ0) is 24.9. The fraction of sp³-hybridized carbons (Fsp3) is 0.182. The lowest BCUT2D eigenvalue weighted by Crippen LogP contribution is -2.14. The molecule has 2 heterocycles. The number of aromatic nitrogens is 3. The number of nitrogens with one attached hydrogen (secondary N) is 3. The van der Waals surface area contributed by atoms with Gasteiger partial charge in [0, 0.05) is 24.0 Å². The van der Waals surface area contributed by atoms with Crippen molar-refractivity contribution in [1.29, 1.82) is 0 Å². The van der Waals surface area contributed by atoms with Gasteiger partial charge in [-0.2, -0.15) is 18.2 Å². The maximum atomic E-state index is 13.7. The van der Waals surface area contributed by atoms with Crippen LogP contribution in [-0.4, -0.2) is 33.1 Å². The summed E-state index contributed by atoms with van der Waals surface area (Å²) < 4.78 is 46.1. The third kappa shape index (κ3) is 5.78. The quantitative estimate of drug-likeness (QED) is 0.357. The first-order chi connectivity index (χ1) is 16.1. The number of hydrogen-bond donors (Lipinski definition) is 4. The van der Waals surface area contributed by atoms with Gasteiger partial charge in [0.15, 0.2) is 0 Å². The standard InChI is InChI=1S/C22H21F3N6O3/c1-4-18(33)28-17-7-12(2)5-6-15(17)29-20-14(22(23,24)25)10-27-21(31-20)30-16-8-19(34-3)26-9-13(16)11-32/h4-10,32H,1,11H2,2-3H3,(H,28,33)(H2,26,27,29,30,31). The summed E-state index contributed by atoms with van der Waals surface area (Å²) in [6, 6.07) is 6.22. The SMILES string of the molecule is C=CC(=O)Nc1cc(C)ccc1Nc1nc(Nc2cc(OC)ncc2CO)ncc1C(F)(F)F. The number of ether oxygens (including phenoxy) is 1. The number of benzene rings is 1. The van der Waals surface area contributed by atoms with Crippen LogP contribution in [0.25, 0.3) is 0 Å². The van der Waals surface area contributed by atoms with Gasteiger partial charge in [0.05, 0.1) is 30.8 Å². The van der Waals surface area contributed by atoms with Crippen molar-refractivity contribution in [1.82, 2.24) is 15.0 Å². The van der Waals surface area contributed by atoms with Gasteiger partial charge in [-0.3, -0.25) is 4.79 Å². The van der Waals surface area contributed by atoms with Crippen LogP contribution in [0.2, 0.25) is 0 Å². The Hall–Kier alpha value is -4.19. The van der Waals surface area contributed by atoms with Crippen molar-refractivity contribution in [2.75, 3.05) is 23.1 Å². The van der Waals surface area contributed by atoms with Crippen molar-refractivity contribution >= 4 is 34.7 Å². The molecular formula is C22H21F3N6O3. The van der Waals surface area contributed by atoms with E-state index < -0.39 is 23.5 Å². The molecule has 2 aromatic heterocycles. The Labute approximate surface area is 192 Å². The number of amides is 1. The smallest absolute Gasteiger partial charge is 0.421 e. The molecule has 0 aliphatic rings. The number of aryl methyl sites for hydroxylation is 1. The Morgan fingerprint density at radius 1 is 1.15 bits per heavy atom. The highest BCUT2D eigenvalue weighted by Gasteiger charge is 2.35. The van der Waals surface area contributed by atoms with Crippen molar-refractivity contribution in [2.24, 2.45) is 0 Å². The van der Waals surface area contributed by atoms with Crippen LogP contribution in [-0.2, 0) is 17.6 Å². The van der Waals surface area contributed by atoms with Gasteiger partial charge < -0.3 is 25.8 Å². The van der Waals surface area contributed by atoms with Crippen LogP contribution in [0.5, 0.6) is 5.88 Å². The second kappa shape index (κ2) is 10.2. The number of anilines is 5. The summed E-state index contributed by atoms with van der Waals surface area (Å²) in [6.07, 6.45) is -1.73. The molecule has 0 bridgehead atoms. The molecule has 1 aromatic carbocycles. The van der Waals surface area contributed by atoms with Gasteiger partial charge in [0.2, 0.25) is 17.7 Å². The van der Waals surface area contributed by atoms with E-state index in [9.17, 15) is 23.1 Å². The van der Waals surface area contributed by atoms with Gasteiger partial charge in [0.1, 0.15) is 11.4 Å². The van der Waals surface area contributed by atoms with E-state index in [-0.39, 0.29) is 29.8 Å². The number of alkyl halides is 3. The van der Waals surface area contributed by atoms with Gasteiger partial charge in [-0.1, -0.05) is 12.6 Å². The molecule has 0 aliphatic heterocycles. The average molecular weight is 474 g/mol. The van der Waals surface area contributed by atoms with Crippen LogP contribution < -0.4 is 20.7 Å². The summed E-state index contributed by atoms with van der Waals surface area (Å²) in [4.78, 5) is 23.5. The van der Waals surface area contributed by atoms with Gasteiger partial charge in [-0.05, 0) is 30.7 Å². The minimum atomic E-state index is -4.76.